The Hall–Kier alpha value is -1.37. The molecule has 5 nitrogen and oxygen atoms in total. The van der Waals surface area contributed by atoms with Crippen LogP contribution in [-0.2, 0) is 21.4 Å². The highest BCUT2D eigenvalue weighted by atomic mass is 35.5. The molecule has 3 unspecified atom stereocenters. The van der Waals surface area contributed by atoms with Gasteiger partial charge in [-0.05, 0) is 12.1 Å². The first-order valence-electron chi connectivity index (χ1n) is 6.97. The Morgan fingerprint density at radius 2 is 2.09 bits per heavy atom. The largest absolute Gasteiger partial charge is 0.481 e. The zero-order valence-corrected chi connectivity index (χ0v) is 13.7. The summed E-state index contributed by atoms with van der Waals surface area (Å²) in [6, 6.07) is 7.19. The molecule has 1 aromatic carbocycles. The van der Waals surface area contributed by atoms with Crippen molar-refractivity contribution in [2.75, 3.05) is 18.6 Å². The lowest BCUT2D eigenvalue weighted by atomic mass is 10.0. The van der Waals surface area contributed by atoms with Crippen molar-refractivity contribution in [1.29, 1.82) is 0 Å². The van der Waals surface area contributed by atoms with Crippen LogP contribution in [0.4, 0.5) is 0 Å². The molecular formula is C15H18ClN2O3S+. The van der Waals surface area contributed by atoms with E-state index in [0.717, 1.165) is 5.56 Å². The second-order valence-electron chi connectivity index (χ2n) is 5.55. The summed E-state index contributed by atoms with van der Waals surface area (Å²) < 4.78 is 0. The smallest absolute Gasteiger partial charge is 0.308 e. The molecule has 1 aromatic rings. The summed E-state index contributed by atoms with van der Waals surface area (Å²) >= 11 is 5.93. The summed E-state index contributed by atoms with van der Waals surface area (Å²) in [7, 11) is 1.72. The van der Waals surface area contributed by atoms with E-state index in [9.17, 15) is 9.90 Å². The Morgan fingerprint density at radius 1 is 1.41 bits per heavy atom. The van der Waals surface area contributed by atoms with Crippen LogP contribution < -0.4 is 0 Å². The molecular weight excluding hydrogens is 324 g/mol. The minimum atomic E-state index is -1.11. The fourth-order valence-corrected chi connectivity index (χ4v) is 5.98. The van der Waals surface area contributed by atoms with Crippen LogP contribution in [0.1, 0.15) is 12.0 Å². The molecule has 0 bridgehead atoms. The highest BCUT2D eigenvalue weighted by Crippen LogP contribution is 2.43. The summed E-state index contributed by atoms with van der Waals surface area (Å²) in [5.74, 6) is 0.300. The lowest BCUT2D eigenvalue weighted by molar-refractivity contribution is -0.136. The second-order valence-corrected chi connectivity index (χ2v) is 8.18. The first-order chi connectivity index (χ1) is 10.4. The normalized spacial score (nSPS) is 30.0. The first-order valence-corrected chi connectivity index (χ1v) is 8.97. The van der Waals surface area contributed by atoms with Gasteiger partial charge in [0.25, 0.3) is 5.50 Å². The van der Waals surface area contributed by atoms with Crippen molar-refractivity contribution in [3.05, 3.63) is 47.3 Å². The van der Waals surface area contributed by atoms with Crippen LogP contribution in [-0.4, -0.2) is 50.0 Å². The molecule has 3 atom stereocenters. The van der Waals surface area contributed by atoms with Crippen LogP contribution in [0.25, 0.3) is 0 Å². The Bertz CT molecular complexity index is 609. The van der Waals surface area contributed by atoms with E-state index in [-0.39, 0.29) is 22.8 Å². The van der Waals surface area contributed by atoms with Crippen LogP contribution in [0.15, 0.2) is 36.7 Å². The molecule has 0 spiro atoms. The van der Waals surface area contributed by atoms with E-state index < -0.39 is 11.7 Å². The maximum Gasteiger partial charge on any atom is 0.308 e. The van der Waals surface area contributed by atoms with Crippen molar-refractivity contribution in [2.45, 2.75) is 17.6 Å². The van der Waals surface area contributed by atoms with Gasteiger partial charge in [-0.1, -0.05) is 23.7 Å². The fraction of sp³-hybridized carbons (Fsp3) is 0.400. The van der Waals surface area contributed by atoms with Gasteiger partial charge in [0.1, 0.15) is 5.75 Å². The monoisotopic (exact) mass is 341 g/mol. The Morgan fingerprint density at radius 3 is 2.73 bits per heavy atom. The number of carboxylic acids is 1. The van der Waals surface area contributed by atoms with Gasteiger partial charge in [0.05, 0.1) is 6.42 Å². The molecule has 0 aliphatic carbocycles. The second kappa shape index (κ2) is 5.68. The topological polar surface area (TPSA) is 64.0 Å². The molecule has 2 heterocycles. The number of nitrogens with zero attached hydrogens (tertiary/aromatic N) is 2. The maximum absolute atomic E-state index is 11.2. The van der Waals surface area contributed by atoms with Gasteiger partial charge in [-0.3, -0.25) is 9.69 Å². The number of carboxylic acid groups (broad SMARTS) is 1. The minimum absolute atomic E-state index is 0.0139. The van der Waals surface area contributed by atoms with Crippen molar-refractivity contribution >= 4 is 28.5 Å². The van der Waals surface area contributed by atoms with Gasteiger partial charge in [0.15, 0.2) is 5.75 Å². The fourth-order valence-electron chi connectivity index (χ4n) is 2.97. The van der Waals surface area contributed by atoms with Gasteiger partial charge in [-0.15, -0.1) is 0 Å². The van der Waals surface area contributed by atoms with E-state index in [4.69, 9.17) is 16.7 Å². The molecule has 1 fully saturated rings. The number of carbonyl (C=O) groups is 1. The predicted molar refractivity (Wildman–Crippen MR) is 87.2 cm³/mol. The lowest BCUT2D eigenvalue weighted by Gasteiger charge is -2.30. The highest BCUT2D eigenvalue weighted by Gasteiger charge is 2.60. The lowest BCUT2D eigenvalue weighted by Crippen LogP contribution is -2.44. The van der Waals surface area contributed by atoms with Crippen LogP contribution in [0, 0.1) is 0 Å². The summed E-state index contributed by atoms with van der Waals surface area (Å²) in [6.45, 7) is 0. The van der Waals surface area contributed by atoms with Crippen LogP contribution in [0.3, 0.4) is 0 Å². The summed E-state index contributed by atoms with van der Waals surface area (Å²) in [6.07, 6.45) is 3.93. The van der Waals surface area contributed by atoms with Crippen molar-refractivity contribution in [1.82, 2.24) is 9.80 Å². The third-order valence-corrected chi connectivity index (χ3v) is 6.96. The van der Waals surface area contributed by atoms with Crippen LogP contribution in [0.2, 0.25) is 5.02 Å². The number of aliphatic hydroxyl groups is 1. The number of hydrogen-bond acceptors (Lipinski definition) is 4. The number of fused-ring (bicyclic) bond motifs is 1. The van der Waals surface area contributed by atoms with Crippen molar-refractivity contribution in [3.63, 3.8) is 0 Å². The molecule has 3 rings (SSSR count). The number of aliphatic carboxylic acids is 1. The quantitative estimate of drug-likeness (QED) is 0.814. The molecule has 22 heavy (non-hydrogen) atoms. The van der Waals surface area contributed by atoms with Gasteiger partial charge in [-0.25, -0.2) is 0 Å². The van der Waals surface area contributed by atoms with Gasteiger partial charge < -0.3 is 15.1 Å². The molecule has 7 heteroatoms. The third kappa shape index (κ3) is 2.55. The van der Waals surface area contributed by atoms with Gasteiger partial charge in [0, 0.05) is 40.9 Å². The molecule has 2 N–H and O–H groups in total. The Balaban J connectivity index is 1.90. The minimum Gasteiger partial charge on any atom is -0.481 e. The van der Waals surface area contributed by atoms with E-state index in [1.54, 1.807) is 12.1 Å². The van der Waals surface area contributed by atoms with Crippen LogP contribution in [0.5, 0.6) is 0 Å². The van der Waals surface area contributed by atoms with Crippen molar-refractivity contribution in [2.24, 2.45) is 0 Å². The standard InChI is InChI=1S/C15H17ClN2O3S/c1-17-7-8-18-14(17)22(9-6-13(19)20)10-15(18,21)11-2-4-12(16)5-3-11/h2-5,7-8,14,21H,6,9-10H2,1H3/p+1. The maximum atomic E-state index is 11.2. The number of benzene rings is 1. The van der Waals surface area contributed by atoms with Gasteiger partial charge >= 0.3 is 5.97 Å². The first kappa shape index (κ1) is 15.5. The molecule has 0 radical (unpaired) electrons. The SMILES string of the molecule is CN1C=CN2C1[S+](CCC(=O)O)CC2(O)c1ccc(Cl)cc1. The van der Waals surface area contributed by atoms with Gasteiger partial charge in [0.2, 0.25) is 5.72 Å². The molecule has 0 saturated carbocycles. The molecule has 0 aromatic heterocycles. The molecule has 2 aliphatic rings. The zero-order valence-electron chi connectivity index (χ0n) is 12.1. The molecule has 118 valence electrons. The molecule has 0 amide bonds. The average molecular weight is 342 g/mol. The van der Waals surface area contributed by atoms with E-state index in [2.05, 4.69) is 0 Å². The van der Waals surface area contributed by atoms with E-state index in [1.165, 1.54) is 0 Å². The zero-order chi connectivity index (χ0) is 15.9. The summed E-state index contributed by atoms with van der Waals surface area (Å²) in [5, 5.41) is 20.8. The summed E-state index contributed by atoms with van der Waals surface area (Å²) in [5.41, 5.74) is -0.315. The van der Waals surface area contributed by atoms with E-state index >= 15 is 0 Å². The van der Waals surface area contributed by atoms with Crippen molar-refractivity contribution in [3.8, 4) is 0 Å². The molecule has 2 aliphatic heterocycles. The van der Waals surface area contributed by atoms with Crippen molar-refractivity contribution < 1.29 is 15.0 Å². The highest BCUT2D eigenvalue weighted by molar-refractivity contribution is 7.97. The van der Waals surface area contributed by atoms with E-state index in [1.807, 2.05) is 41.4 Å². The number of halogens is 1. The summed E-state index contributed by atoms with van der Waals surface area (Å²) in [4.78, 5) is 14.9. The van der Waals surface area contributed by atoms with Gasteiger partial charge in [-0.2, -0.15) is 0 Å². The third-order valence-electron chi connectivity index (χ3n) is 4.05. The van der Waals surface area contributed by atoms with Crippen LogP contribution >= 0.6 is 11.6 Å². The Kier molecular flexibility index (Phi) is 4.01. The average Bonchev–Trinajstić information content (AvgIpc) is 2.98. The Labute approximate surface area is 137 Å². The molecule has 1 saturated heterocycles. The number of hydrogen-bond donors (Lipinski definition) is 2. The predicted octanol–water partition coefficient (Wildman–Crippen LogP) is 1.59. The van der Waals surface area contributed by atoms with E-state index in [0.29, 0.717) is 16.5 Å². The number of rotatable bonds is 4.